The molecule has 3 heteroatoms. The number of ketones is 1. The zero-order valence-corrected chi connectivity index (χ0v) is 8.57. The van der Waals surface area contributed by atoms with Gasteiger partial charge in [-0.15, -0.1) is 0 Å². The Hall–Kier alpha value is -1.12. The Labute approximate surface area is 84.1 Å². The molecule has 2 rings (SSSR count). The second kappa shape index (κ2) is 3.95. The normalized spacial score (nSPS) is 23.5. The van der Waals surface area contributed by atoms with Crippen molar-refractivity contribution in [3.8, 4) is 0 Å². The molecule has 14 heavy (non-hydrogen) atoms. The van der Waals surface area contributed by atoms with Crippen molar-refractivity contribution in [2.24, 2.45) is 7.05 Å². The lowest BCUT2D eigenvalue weighted by Gasteiger charge is -2.13. The molecule has 0 bridgehead atoms. The van der Waals surface area contributed by atoms with Crippen LogP contribution in [-0.4, -0.2) is 15.6 Å². The molecule has 0 aromatic carbocycles. The van der Waals surface area contributed by atoms with E-state index in [9.17, 15) is 4.79 Å². The quantitative estimate of drug-likeness (QED) is 0.638. The van der Waals surface area contributed by atoms with Gasteiger partial charge in [0.1, 0.15) is 5.78 Å². The molecule has 1 fully saturated rings. The topological polar surface area (TPSA) is 34.9 Å². The van der Waals surface area contributed by atoms with Crippen LogP contribution in [0.2, 0.25) is 0 Å². The van der Waals surface area contributed by atoms with Gasteiger partial charge >= 0.3 is 0 Å². The monoisotopic (exact) mass is 192 g/mol. The van der Waals surface area contributed by atoms with Crippen molar-refractivity contribution in [3.05, 3.63) is 18.0 Å². The summed E-state index contributed by atoms with van der Waals surface area (Å²) in [6.07, 6.45) is 6.65. The minimum atomic E-state index is 0.400. The van der Waals surface area contributed by atoms with Crippen molar-refractivity contribution in [1.29, 1.82) is 0 Å². The Morgan fingerprint density at radius 2 is 2.36 bits per heavy atom. The van der Waals surface area contributed by atoms with Crippen molar-refractivity contribution in [1.82, 2.24) is 9.78 Å². The summed E-state index contributed by atoms with van der Waals surface area (Å²) >= 11 is 0. The number of aromatic nitrogens is 2. The summed E-state index contributed by atoms with van der Waals surface area (Å²) in [4.78, 5) is 11.5. The summed E-state index contributed by atoms with van der Waals surface area (Å²) in [6.45, 7) is 0. The summed E-state index contributed by atoms with van der Waals surface area (Å²) in [7, 11) is 1.95. The molecule has 3 nitrogen and oxygen atoms in total. The summed E-state index contributed by atoms with van der Waals surface area (Å²) in [6, 6.07) is 2.03. The van der Waals surface area contributed by atoms with Crippen molar-refractivity contribution >= 4 is 5.78 Å². The predicted molar refractivity (Wildman–Crippen MR) is 54.0 cm³/mol. The second-order valence-corrected chi connectivity index (χ2v) is 4.07. The van der Waals surface area contributed by atoms with Crippen LogP contribution in [-0.2, 0) is 11.8 Å². The number of nitrogens with zero attached hydrogens (tertiary/aromatic N) is 2. The lowest BCUT2D eigenvalue weighted by Crippen LogP contribution is -2.08. The van der Waals surface area contributed by atoms with E-state index < -0.39 is 0 Å². The van der Waals surface area contributed by atoms with Gasteiger partial charge in [0.05, 0.1) is 0 Å². The fourth-order valence-electron chi connectivity index (χ4n) is 2.23. The molecule has 1 atom stereocenters. The number of rotatable bonds is 1. The maximum atomic E-state index is 11.5. The molecule has 1 aliphatic rings. The standard InChI is InChI=1S/C11H16N2O/c1-13-11(6-7-12-13)9-4-2-3-5-10(14)8-9/h6-7,9H,2-5,8H2,1H3. The lowest BCUT2D eigenvalue weighted by molar-refractivity contribution is -0.119. The SMILES string of the molecule is Cn1nccc1C1CCCCC(=O)C1. The first-order valence-corrected chi connectivity index (χ1v) is 5.27. The van der Waals surface area contributed by atoms with Crippen LogP contribution in [0.25, 0.3) is 0 Å². The van der Waals surface area contributed by atoms with E-state index in [0.717, 1.165) is 19.3 Å². The Morgan fingerprint density at radius 1 is 1.50 bits per heavy atom. The van der Waals surface area contributed by atoms with Gasteiger partial charge < -0.3 is 0 Å². The zero-order chi connectivity index (χ0) is 9.97. The van der Waals surface area contributed by atoms with E-state index in [1.165, 1.54) is 12.1 Å². The third-order valence-corrected chi connectivity index (χ3v) is 3.01. The molecule has 1 saturated carbocycles. The van der Waals surface area contributed by atoms with Crippen LogP contribution in [0.1, 0.15) is 43.7 Å². The van der Waals surface area contributed by atoms with Crippen LogP contribution < -0.4 is 0 Å². The molecule has 1 unspecified atom stereocenters. The molecule has 1 heterocycles. The Bertz CT molecular complexity index is 330. The number of aryl methyl sites for hydroxylation is 1. The van der Waals surface area contributed by atoms with Gasteiger partial charge in [0.15, 0.2) is 0 Å². The van der Waals surface area contributed by atoms with Crippen molar-refractivity contribution in [2.45, 2.75) is 38.0 Å². The average molecular weight is 192 g/mol. The van der Waals surface area contributed by atoms with Crippen molar-refractivity contribution in [3.63, 3.8) is 0 Å². The van der Waals surface area contributed by atoms with Gasteiger partial charge in [0.25, 0.3) is 0 Å². The highest BCUT2D eigenvalue weighted by atomic mass is 16.1. The van der Waals surface area contributed by atoms with E-state index in [1.807, 2.05) is 24.0 Å². The summed E-state index contributed by atoms with van der Waals surface area (Å²) < 4.78 is 1.89. The number of carbonyl (C=O) groups is 1. The summed E-state index contributed by atoms with van der Waals surface area (Å²) in [5.74, 6) is 0.811. The van der Waals surface area contributed by atoms with E-state index >= 15 is 0 Å². The molecular weight excluding hydrogens is 176 g/mol. The fourth-order valence-corrected chi connectivity index (χ4v) is 2.23. The van der Waals surface area contributed by atoms with E-state index in [-0.39, 0.29) is 0 Å². The first kappa shape index (κ1) is 9.44. The van der Waals surface area contributed by atoms with Crippen LogP contribution in [0.3, 0.4) is 0 Å². The van der Waals surface area contributed by atoms with Crippen LogP contribution >= 0.6 is 0 Å². The maximum absolute atomic E-state index is 11.5. The molecule has 1 aromatic heterocycles. The molecule has 0 amide bonds. The summed E-state index contributed by atoms with van der Waals surface area (Å²) in [5.41, 5.74) is 1.21. The van der Waals surface area contributed by atoms with Crippen LogP contribution in [0.5, 0.6) is 0 Å². The van der Waals surface area contributed by atoms with Crippen LogP contribution in [0.15, 0.2) is 12.3 Å². The third kappa shape index (κ3) is 1.86. The molecule has 0 spiro atoms. The third-order valence-electron chi connectivity index (χ3n) is 3.01. The van der Waals surface area contributed by atoms with Gasteiger partial charge in [0.2, 0.25) is 0 Å². The molecule has 1 aliphatic carbocycles. The minimum Gasteiger partial charge on any atom is -0.300 e. The van der Waals surface area contributed by atoms with Crippen molar-refractivity contribution < 1.29 is 4.79 Å². The summed E-state index contributed by atoms with van der Waals surface area (Å²) in [5, 5.41) is 4.15. The Balaban J connectivity index is 2.17. The number of Topliss-reactive ketones (excluding diaryl/α,β-unsaturated/α-hetero) is 1. The van der Waals surface area contributed by atoms with E-state index in [2.05, 4.69) is 5.10 Å². The van der Waals surface area contributed by atoms with Crippen molar-refractivity contribution in [2.75, 3.05) is 0 Å². The zero-order valence-electron chi connectivity index (χ0n) is 8.57. The molecule has 0 saturated heterocycles. The first-order valence-electron chi connectivity index (χ1n) is 5.27. The highest BCUT2D eigenvalue weighted by Crippen LogP contribution is 2.29. The van der Waals surface area contributed by atoms with Crippen LogP contribution in [0.4, 0.5) is 0 Å². The average Bonchev–Trinajstić information content (AvgIpc) is 2.45. The molecular formula is C11H16N2O. The predicted octanol–water partition coefficient (Wildman–Crippen LogP) is 2.04. The lowest BCUT2D eigenvalue weighted by atomic mass is 9.96. The maximum Gasteiger partial charge on any atom is 0.133 e. The number of carbonyl (C=O) groups excluding carboxylic acids is 1. The van der Waals surface area contributed by atoms with Gasteiger partial charge in [-0.3, -0.25) is 9.48 Å². The molecule has 0 N–H and O–H groups in total. The highest BCUT2D eigenvalue weighted by Gasteiger charge is 2.21. The van der Waals surface area contributed by atoms with Gasteiger partial charge in [-0.2, -0.15) is 5.10 Å². The van der Waals surface area contributed by atoms with Crippen LogP contribution in [0, 0.1) is 0 Å². The highest BCUT2D eigenvalue weighted by molar-refractivity contribution is 5.79. The van der Waals surface area contributed by atoms with Gasteiger partial charge in [-0.05, 0) is 18.9 Å². The second-order valence-electron chi connectivity index (χ2n) is 4.07. The first-order chi connectivity index (χ1) is 6.77. The molecule has 0 radical (unpaired) electrons. The fraction of sp³-hybridized carbons (Fsp3) is 0.636. The van der Waals surface area contributed by atoms with Gasteiger partial charge in [0, 0.05) is 37.7 Å². The smallest absolute Gasteiger partial charge is 0.133 e. The minimum absolute atomic E-state index is 0.400. The Morgan fingerprint density at radius 3 is 3.07 bits per heavy atom. The van der Waals surface area contributed by atoms with Gasteiger partial charge in [-0.25, -0.2) is 0 Å². The van der Waals surface area contributed by atoms with E-state index in [1.54, 1.807) is 0 Å². The number of hydrogen-bond acceptors (Lipinski definition) is 2. The molecule has 1 aromatic rings. The van der Waals surface area contributed by atoms with E-state index in [0.29, 0.717) is 18.1 Å². The molecule has 76 valence electrons. The number of hydrogen-bond donors (Lipinski definition) is 0. The van der Waals surface area contributed by atoms with E-state index in [4.69, 9.17) is 0 Å². The van der Waals surface area contributed by atoms with Gasteiger partial charge in [-0.1, -0.05) is 6.42 Å². The Kier molecular flexibility index (Phi) is 2.66. The molecule has 0 aliphatic heterocycles. The largest absolute Gasteiger partial charge is 0.300 e.